The molecule has 0 aliphatic heterocycles. The first kappa shape index (κ1) is 14.2. The Hall–Kier alpha value is -1.74. The van der Waals surface area contributed by atoms with Crippen LogP contribution in [0.15, 0.2) is 36.5 Å². The average Bonchev–Trinajstić information content (AvgIpc) is 3.22. The summed E-state index contributed by atoms with van der Waals surface area (Å²) >= 11 is 0. The van der Waals surface area contributed by atoms with Crippen LogP contribution in [-0.2, 0) is 11.8 Å². The van der Waals surface area contributed by atoms with Crippen LogP contribution in [0.3, 0.4) is 0 Å². The summed E-state index contributed by atoms with van der Waals surface area (Å²) in [6, 6.07) is 10.6. The van der Waals surface area contributed by atoms with Crippen LogP contribution < -0.4 is 0 Å². The van der Waals surface area contributed by atoms with Gasteiger partial charge in [0.1, 0.15) is 5.82 Å². The van der Waals surface area contributed by atoms with Crippen molar-refractivity contribution in [1.29, 1.82) is 0 Å². The molecule has 1 fully saturated rings. The van der Waals surface area contributed by atoms with Gasteiger partial charge in [0.15, 0.2) is 0 Å². The third-order valence-corrected chi connectivity index (χ3v) is 4.84. The van der Waals surface area contributed by atoms with Gasteiger partial charge in [0.2, 0.25) is 0 Å². The number of nitrogens with zero attached hydrogens (tertiary/aromatic N) is 2. The van der Waals surface area contributed by atoms with Gasteiger partial charge in [0.25, 0.3) is 0 Å². The minimum atomic E-state index is 0.146. The molecular formula is C18H22N2O. The van der Waals surface area contributed by atoms with Crippen molar-refractivity contribution in [3.05, 3.63) is 59.2 Å². The molecule has 2 aromatic rings. The van der Waals surface area contributed by atoms with Crippen molar-refractivity contribution in [3.8, 4) is 0 Å². The van der Waals surface area contributed by atoms with Crippen molar-refractivity contribution in [1.82, 2.24) is 9.97 Å². The van der Waals surface area contributed by atoms with E-state index in [9.17, 15) is 5.11 Å². The lowest BCUT2D eigenvalue weighted by Gasteiger charge is -2.18. The lowest BCUT2D eigenvalue weighted by atomic mass is 9.87. The Morgan fingerprint density at radius 2 is 2.00 bits per heavy atom. The van der Waals surface area contributed by atoms with Gasteiger partial charge < -0.3 is 5.11 Å². The number of aryl methyl sites for hydroxylation is 3. The molecule has 21 heavy (non-hydrogen) atoms. The molecule has 1 aromatic carbocycles. The van der Waals surface area contributed by atoms with Gasteiger partial charge in [0.05, 0.1) is 0 Å². The Bertz CT molecular complexity index is 626. The largest absolute Gasteiger partial charge is 0.396 e. The monoisotopic (exact) mass is 282 g/mol. The molecule has 3 rings (SSSR count). The topological polar surface area (TPSA) is 46.0 Å². The van der Waals surface area contributed by atoms with Crippen LogP contribution in [0.25, 0.3) is 0 Å². The lowest BCUT2D eigenvalue weighted by Crippen LogP contribution is -2.14. The number of aliphatic hydroxyl groups is 1. The van der Waals surface area contributed by atoms with E-state index in [1.807, 2.05) is 19.2 Å². The van der Waals surface area contributed by atoms with Crippen LogP contribution in [0, 0.1) is 19.8 Å². The zero-order chi connectivity index (χ0) is 14.9. The fourth-order valence-electron chi connectivity index (χ4n) is 3.41. The molecule has 0 amide bonds. The van der Waals surface area contributed by atoms with Crippen LogP contribution in [0.2, 0.25) is 0 Å². The van der Waals surface area contributed by atoms with E-state index in [1.54, 1.807) is 0 Å². The minimum Gasteiger partial charge on any atom is -0.396 e. The van der Waals surface area contributed by atoms with E-state index in [-0.39, 0.29) is 12.0 Å². The van der Waals surface area contributed by atoms with Crippen molar-refractivity contribution in [2.24, 2.45) is 5.92 Å². The second kappa shape index (κ2) is 5.57. The van der Waals surface area contributed by atoms with Crippen LogP contribution in [0.5, 0.6) is 0 Å². The Balaban J connectivity index is 1.78. The molecule has 1 aliphatic carbocycles. The van der Waals surface area contributed by atoms with E-state index in [4.69, 9.17) is 0 Å². The van der Waals surface area contributed by atoms with Crippen molar-refractivity contribution in [2.45, 2.75) is 38.5 Å². The SMILES string of the molecule is Cc1ncc(CC[C@]2(c3ccccc3)CC2CO)c(C)n1. The van der Waals surface area contributed by atoms with Crippen molar-refractivity contribution in [3.63, 3.8) is 0 Å². The molecule has 110 valence electrons. The first-order chi connectivity index (χ1) is 10.2. The number of aromatic nitrogens is 2. The molecule has 1 unspecified atom stereocenters. The normalized spacial score (nSPS) is 24.0. The predicted molar refractivity (Wildman–Crippen MR) is 83.1 cm³/mol. The Morgan fingerprint density at radius 1 is 1.24 bits per heavy atom. The summed E-state index contributed by atoms with van der Waals surface area (Å²) in [4.78, 5) is 8.76. The molecule has 2 atom stereocenters. The summed E-state index contributed by atoms with van der Waals surface area (Å²) in [6.07, 6.45) is 5.05. The van der Waals surface area contributed by atoms with Crippen molar-refractivity contribution < 1.29 is 5.11 Å². The highest BCUT2D eigenvalue weighted by atomic mass is 16.3. The Kier molecular flexibility index (Phi) is 3.77. The molecule has 1 aromatic heterocycles. The highest BCUT2D eigenvalue weighted by molar-refractivity contribution is 5.34. The van der Waals surface area contributed by atoms with Crippen molar-refractivity contribution in [2.75, 3.05) is 6.61 Å². The highest BCUT2D eigenvalue weighted by Gasteiger charge is 2.53. The molecule has 3 heteroatoms. The molecule has 0 radical (unpaired) electrons. The molecule has 3 nitrogen and oxygen atoms in total. The van der Waals surface area contributed by atoms with Gasteiger partial charge in [-0.2, -0.15) is 0 Å². The van der Waals surface area contributed by atoms with E-state index in [0.717, 1.165) is 30.8 Å². The summed E-state index contributed by atoms with van der Waals surface area (Å²) in [7, 11) is 0. The number of aliphatic hydroxyl groups excluding tert-OH is 1. The standard InChI is InChI=1S/C18H22N2O/c1-13-15(11-19-14(2)20-13)8-9-18(10-17(18)12-21)16-6-4-3-5-7-16/h3-7,11,17,21H,8-10,12H2,1-2H3/t17?,18-/m1/s1. The van der Waals surface area contributed by atoms with Crippen LogP contribution in [0.4, 0.5) is 0 Å². The molecule has 1 aliphatic rings. The maximum absolute atomic E-state index is 9.57. The maximum Gasteiger partial charge on any atom is 0.125 e. The maximum atomic E-state index is 9.57. The van der Waals surface area contributed by atoms with Gasteiger partial charge in [-0.25, -0.2) is 9.97 Å². The first-order valence-corrected chi connectivity index (χ1v) is 7.61. The van der Waals surface area contributed by atoms with Crippen LogP contribution in [0.1, 0.15) is 35.5 Å². The summed E-state index contributed by atoms with van der Waals surface area (Å²) in [5, 5.41) is 9.57. The molecule has 1 saturated carbocycles. The Morgan fingerprint density at radius 3 is 2.62 bits per heavy atom. The average molecular weight is 282 g/mol. The summed E-state index contributed by atoms with van der Waals surface area (Å²) in [6.45, 7) is 4.25. The molecule has 0 saturated heterocycles. The summed E-state index contributed by atoms with van der Waals surface area (Å²) < 4.78 is 0. The molecule has 0 bridgehead atoms. The summed E-state index contributed by atoms with van der Waals surface area (Å²) in [5.74, 6) is 1.22. The van der Waals surface area contributed by atoms with Gasteiger partial charge in [-0.3, -0.25) is 0 Å². The van der Waals surface area contributed by atoms with Crippen LogP contribution >= 0.6 is 0 Å². The molecule has 0 spiro atoms. The number of hydrogen-bond acceptors (Lipinski definition) is 3. The number of hydrogen-bond donors (Lipinski definition) is 1. The first-order valence-electron chi connectivity index (χ1n) is 7.61. The van der Waals surface area contributed by atoms with E-state index in [2.05, 4.69) is 41.2 Å². The minimum absolute atomic E-state index is 0.146. The van der Waals surface area contributed by atoms with E-state index >= 15 is 0 Å². The predicted octanol–water partition coefficient (Wildman–Crippen LogP) is 2.98. The zero-order valence-electron chi connectivity index (χ0n) is 12.7. The fraction of sp³-hybridized carbons (Fsp3) is 0.444. The molecule has 1 heterocycles. The zero-order valence-corrected chi connectivity index (χ0v) is 12.7. The van der Waals surface area contributed by atoms with Gasteiger partial charge in [-0.15, -0.1) is 0 Å². The van der Waals surface area contributed by atoms with Crippen LogP contribution in [-0.4, -0.2) is 21.7 Å². The highest BCUT2D eigenvalue weighted by Crippen LogP contribution is 2.56. The molecule has 1 N–H and O–H groups in total. The fourth-order valence-corrected chi connectivity index (χ4v) is 3.41. The van der Waals surface area contributed by atoms with Gasteiger partial charge in [-0.05, 0) is 50.2 Å². The second-order valence-corrected chi connectivity index (χ2v) is 6.13. The van der Waals surface area contributed by atoms with Crippen molar-refractivity contribution >= 4 is 0 Å². The van der Waals surface area contributed by atoms with E-state index in [1.165, 1.54) is 11.1 Å². The molecular weight excluding hydrogens is 260 g/mol. The van der Waals surface area contributed by atoms with Gasteiger partial charge >= 0.3 is 0 Å². The van der Waals surface area contributed by atoms with Gasteiger partial charge in [-0.1, -0.05) is 30.3 Å². The van der Waals surface area contributed by atoms with E-state index < -0.39 is 0 Å². The number of benzene rings is 1. The third-order valence-electron chi connectivity index (χ3n) is 4.84. The number of rotatable bonds is 5. The second-order valence-electron chi connectivity index (χ2n) is 6.13. The Labute approximate surface area is 126 Å². The summed E-state index contributed by atoms with van der Waals surface area (Å²) in [5.41, 5.74) is 3.80. The van der Waals surface area contributed by atoms with Gasteiger partial charge in [0, 0.05) is 23.9 Å². The third kappa shape index (κ3) is 2.70. The quantitative estimate of drug-likeness (QED) is 0.917. The lowest BCUT2D eigenvalue weighted by molar-refractivity contribution is 0.261. The van der Waals surface area contributed by atoms with E-state index in [0.29, 0.717) is 5.92 Å². The smallest absolute Gasteiger partial charge is 0.125 e.